The molecule has 32 heavy (non-hydrogen) atoms. The van der Waals surface area contributed by atoms with Crippen molar-refractivity contribution in [2.75, 3.05) is 39.3 Å². The summed E-state index contributed by atoms with van der Waals surface area (Å²) in [4.78, 5) is 17.6. The van der Waals surface area contributed by atoms with Gasteiger partial charge in [0, 0.05) is 50.6 Å². The lowest BCUT2D eigenvalue weighted by Gasteiger charge is -2.37. The first-order chi connectivity index (χ1) is 15.4. The van der Waals surface area contributed by atoms with Crippen LogP contribution in [0.2, 0.25) is 0 Å². The van der Waals surface area contributed by atoms with E-state index in [-0.39, 0.29) is 5.41 Å². The summed E-state index contributed by atoms with van der Waals surface area (Å²) in [5.74, 6) is 2.07. The first-order valence-electron chi connectivity index (χ1n) is 12.1. The van der Waals surface area contributed by atoms with E-state index in [0.29, 0.717) is 24.2 Å². The number of amides is 1. The number of rotatable bonds is 6. The maximum atomic E-state index is 13.1. The lowest BCUT2D eigenvalue weighted by molar-refractivity contribution is -0.134. The number of nitrogens with one attached hydrogen (secondary N) is 1. The zero-order valence-electron chi connectivity index (χ0n) is 19.8. The van der Waals surface area contributed by atoms with Gasteiger partial charge < -0.3 is 14.7 Å². The average molecular weight is 439 g/mol. The number of hydrogen-bond donors (Lipinski definition) is 1. The lowest BCUT2D eigenvalue weighted by Crippen LogP contribution is -2.49. The van der Waals surface area contributed by atoms with Crippen molar-refractivity contribution in [3.8, 4) is 0 Å². The van der Waals surface area contributed by atoms with Gasteiger partial charge in [0.2, 0.25) is 5.91 Å². The molecule has 0 radical (unpaired) electrons. The van der Waals surface area contributed by atoms with E-state index in [9.17, 15) is 4.79 Å². The summed E-state index contributed by atoms with van der Waals surface area (Å²) in [7, 11) is 0. The molecule has 0 unspecified atom stereocenters. The van der Waals surface area contributed by atoms with Crippen molar-refractivity contribution < 1.29 is 9.32 Å². The Balaban J connectivity index is 1.28. The largest absolute Gasteiger partial charge is 0.361 e. The van der Waals surface area contributed by atoms with Gasteiger partial charge in [-0.25, -0.2) is 0 Å². The maximum absolute atomic E-state index is 13.1. The number of piperidine rings is 1. The molecule has 1 amide bonds. The number of carbonyl (C=O) groups excluding carboxylic acids is 1. The van der Waals surface area contributed by atoms with Gasteiger partial charge in [0.25, 0.3) is 0 Å². The summed E-state index contributed by atoms with van der Waals surface area (Å²) in [5, 5.41) is 7.83. The number of hydrogen-bond acceptors (Lipinski definition) is 5. The molecule has 4 rings (SSSR count). The molecule has 2 saturated heterocycles. The molecular formula is C26H38N4O2. The average Bonchev–Trinajstić information content (AvgIpc) is 3.26. The Labute approximate surface area is 192 Å². The topological polar surface area (TPSA) is 61.6 Å². The van der Waals surface area contributed by atoms with Gasteiger partial charge >= 0.3 is 0 Å². The Morgan fingerprint density at radius 3 is 2.56 bits per heavy atom. The van der Waals surface area contributed by atoms with Crippen LogP contribution < -0.4 is 5.32 Å². The van der Waals surface area contributed by atoms with Gasteiger partial charge in [0.1, 0.15) is 5.76 Å². The third-order valence-electron chi connectivity index (χ3n) is 6.95. The van der Waals surface area contributed by atoms with Crippen LogP contribution in [0.1, 0.15) is 50.6 Å². The highest BCUT2D eigenvalue weighted by Gasteiger charge is 2.31. The Morgan fingerprint density at radius 2 is 1.88 bits per heavy atom. The quantitative estimate of drug-likeness (QED) is 0.748. The molecule has 6 nitrogen and oxygen atoms in total. The third kappa shape index (κ3) is 5.99. The molecule has 1 aromatic heterocycles. The smallest absolute Gasteiger partial charge is 0.222 e. The maximum Gasteiger partial charge on any atom is 0.222 e. The first kappa shape index (κ1) is 23.0. The van der Waals surface area contributed by atoms with Crippen molar-refractivity contribution in [3.05, 3.63) is 53.4 Å². The molecule has 2 aliphatic rings. The minimum absolute atomic E-state index is 0.0336. The van der Waals surface area contributed by atoms with Crippen LogP contribution in [0.4, 0.5) is 0 Å². The summed E-state index contributed by atoms with van der Waals surface area (Å²) in [5.41, 5.74) is 2.32. The van der Waals surface area contributed by atoms with E-state index < -0.39 is 0 Å². The summed E-state index contributed by atoms with van der Waals surface area (Å²) < 4.78 is 5.58. The van der Waals surface area contributed by atoms with Crippen molar-refractivity contribution >= 4 is 5.91 Å². The molecule has 2 fully saturated rings. The van der Waals surface area contributed by atoms with Crippen LogP contribution in [0.5, 0.6) is 0 Å². The zero-order chi connectivity index (χ0) is 22.6. The highest BCUT2D eigenvalue weighted by molar-refractivity contribution is 5.76. The molecule has 3 heterocycles. The fourth-order valence-electron chi connectivity index (χ4n) is 4.87. The van der Waals surface area contributed by atoms with Gasteiger partial charge in [-0.05, 0) is 43.3 Å². The SMILES string of the molecule is CC(C)(C)c1cc(C[C@H]2CNCC[C@H]2CC(=O)N2CCN(Cc3ccccc3)CC2)no1. The molecule has 2 atom stereocenters. The molecule has 0 spiro atoms. The Morgan fingerprint density at radius 1 is 1.12 bits per heavy atom. The fourth-order valence-corrected chi connectivity index (χ4v) is 4.87. The summed E-state index contributed by atoms with van der Waals surface area (Å²) in [6.07, 6.45) is 2.57. The molecule has 174 valence electrons. The van der Waals surface area contributed by atoms with E-state index in [4.69, 9.17) is 4.52 Å². The summed E-state index contributed by atoms with van der Waals surface area (Å²) >= 11 is 0. The van der Waals surface area contributed by atoms with Gasteiger partial charge in [0.15, 0.2) is 0 Å². The van der Waals surface area contributed by atoms with Crippen LogP contribution in [0.15, 0.2) is 40.9 Å². The van der Waals surface area contributed by atoms with Gasteiger partial charge in [-0.1, -0.05) is 56.3 Å². The standard InChI is InChI=1S/C26H38N4O2/c1-26(2,3)24-17-23(28-32-24)15-22-18-27-10-9-21(22)16-25(31)30-13-11-29(12-14-30)19-20-7-5-4-6-8-20/h4-8,17,21-22,27H,9-16,18-19H2,1-3H3/t21-,22-/m0/s1. The Hall–Kier alpha value is -2.18. The normalized spacial score (nSPS) is 22.8. The number of carbonyl (C=O) groups is 1. The zero-order valence-corrected chi connectivity index (χ0v) is 19.8. The number of benzene rings is 1. The first-order valence-corrected chi connectivity index (χ1v) is 12.1. The second kappa shape index (κ2) is 10.2. The van der Waals surface area contributed by atoms with Crippen molar-refractivity contribution in [1.82, 2.24) is 20.3 Å². The van der Waals surface area contributed by atoms with E-state index in [0.717, 1.165) is 70.1 Å². The van der Waals surface area contributed by atoms with Crippen LogP contribution in [0.3, 0.4) is 0 Å². The molecule has 1 N–H and O–H groups in total. The van der Waals surface area contributed by atoms with Crippen molar-refractivity contribution in [1.29, 1.82) is 0 Å². The van der Waals surface area contributed by atoms with E-state index in [1.807, 2.05) is 0 Å². The van der Waals surface area contributed by atoms with Crippen LogP contribution in [-0.4, -0.2) is 60.1 Å². The highest BCUT2D eigenvalue weighted by atomic mass is 16.5. The van der Waals surface area contributed by atoms with E-state index in [2.05, 4.69) is 77.4 Å². The molecule has 0 bridgehead atoms. The second-order valence-electron chi connectivity index (χ2n) is 10.5. The minimum atomic E-state index is -0.0336. The lowest BCUT2D eigenvalue weighted by atomic mass is 9.80. The van der Waals surface area contributed by atoms with Crippen molar-refractivity contribution in [2.45, 2.75) is 52.0 Å². The van der Waals surface area contributed by atoms with E-state index in [1.54, 1.807) is 0 Å². The predicted molar refractivity (Wildman–Crippen MR) is 126 cm³/mol. The number of aromatic nitrogens is 1. The molecule has 1 aromatic carbocycles. The Bertz CT molecular complexity index is 865. The third-order valence-corrected chi connectivity index (χ3v) is 6.95. The van der Waals surface area contributed by atoms with Gasteiger partial charge in [-0.15, -0.1) is 0 Å². The summed E-state index contributed by atoms with van der Waals surface area (Å²) in [6, 6.07) is 12.7. The van der Waals surface area contributed by atoms with Crippen LogP contribution >= 0.6 is 0 Å². The summed E-state index contributed by atoms with van der Waals surface area (Å²) in [6.45, 7) is 12.9. The van der Waals surface area contributed by atoms with Crippen LogP contribution in [0.25, 0.3) is 0 Å². The van der Waals surface area contributed by atoms with E-state index >= 15 is 0 Å². The van der Waals surface area contributed by atoms with E-state index in [1.165, 1.54) is 5.56 Å². The predicted octanol–water partition coefficient (Wildman–Crippen LogP) is 3.47. The van der Waals surface area contributed by atoms with Gasteiger partial charge in [0.05, 0.1) is 5.69 Å². The Kier molecular flexibility index (Phi) is 7.31. The molecule has 2 aliphatic heterocycles. The molecule has 0 aliphatic carbocycles. The molecule has 6 heteroatoms. The van der Waals surface area contributed by atoms with Crippen LogP contribution in [0, 0.1) is 11.8 Å². The monoisotopic (exact) mass is 438 g/mol. The van der Waals surface area contributed by atoms with Gasteiger partial charge in [-0.2, -0.15) is 0 Å². The highest BCUT2D eigenvalue weighted by Crippen LogP contribution is 2.29. The number of nitrogens with zero attached hydrogens (tertiary/aromatic N) is 3. The molecule has 0 saturated carbocycles. The van der Waals surface area contributed by atoms with Crippen LogP contribution in [-0.2, 0) is 23.2 Å². The fraction of sp³-hybridized carbons (Fsp3) is 0.615. The number of piperazine rings is 1. The molecule has 2 aromatic rings. The van der Waals surface area contributed by atoms with Crippen molar-refractivity contribution in [2.24, 2.45) is 11.8 Å². The van der Waals surface area contributed by atoms with Gasteiger partial charge in [-0.3, -0.25) is 9.69 Å². The molecular weight excluding hydrogens is 400 g/mol. The minimum Gasteiger partial charge on any atom is -0.361 e. The second-order valence-corrected chi connectivity index (χ2v) is 10.5. The van der Waals surface area contributed by atoms with Crippen molar-refractivity contribution in [3.63, 3.8) is 0 Å².